The molecule has 0 amide bonds. The van der Waals surface area contributed by atoms with E-state index >= 15 is 0 Å². The van der Waals surface area contributed by atoms with E-state index < -0.39 is 10.8 Å². The molecule has 0 N–H and O–H groups in total. The van der Waals surface area contributed by atoms with Crippen molar-refractivity contribution in [1.29, 1.82) is 5.26 Å². The van der Waals surface area contributed by atoms with Crippen molar-refractivity contribution >= 4 is 11.6 Å². The average Bonchev–Trinajstić information content (AvgIpc) is 2.89. The molecule has 6 rings (SSSR count). The summed E-state index contributed by atoms with van der Waals surface area (Å²) in [5, 5.41) is 9.95. The minimum absolute atomic E-state index is 0.0217. The third-order valence-corrected chi connectivity index (χ3v) is 13.7. The molecule has 0 aromatic carbocycles. The number of allylic oxidation sites excluding steroid dienone is 4. The van der Waals surface area contributed by atoms with Gasteiger partial charge in [-0.1, -0.05) is 60.1 Å². The Kier molecular flexibility index (Phi) is 6.29. The molecule has 5 nitrogen and oxygen atoms in total. The van der Waals surface area contributed by atoms with Crippen LogP contribution in [0.1, 0.15) is 93.4 Å². The molecule has 0 aromatic rings. The first-order valence-corrected chi connectivity index (χ1v) is 15.9. The van der Waals surface area contributed by atoms with Gasteiger partial charge < -0.3 is 4.74 Å². The van der Waals surface area contributed by atoms with Crippen molar-refractivity contribution in [3.8, 4) is 6.07 Å². The SMILES string of the molecule is CC1(C)CC[C@]2(CN3CCOCC3)CC[C@]3(C)[C@H](C(=O)C=C4[C@@]5(C)C=C(C#N)C(=O)C(C)(C)C5CC[C@]43C)C2C1. The van der Waals surface area contributed by atoms with Crippen LogP contribution < -0.4 is 0 Å². The molecule has 6 aliphatic rings. The molecule has 3 saturated carbocycles. The van der Waals surface area contributed by atoms with E-state index in [-0.39, 0.29) is 44.9 Å². The van der Waals surface area contributed by atoms with Crippen LogP contribution in [0.3, 0.4) is 0 Å². The molecule has 2 unspecified atom stereocenters. The van der Waals surface area contributed by atoms with Crippen molar-refractivity contribution in [2.24, 2.45) is 50.2 Å². The van der Waals surface area contributed by atoms with E-state index in [9.17, 15) is 14.9 Å². The smallest absolute Gasteiger partial charge is 0.178 e. The Morgan fingerprint density at radius 3 is 2.33 bits per heavy atom. The van der Waals surface area contributed by atoms with Crippen LogP contribution >= 0.6 is 0 Å². The highest BCUT2D eigenvalue weighted by Gasteiger charge is 2.69. The topological polar surface area (TPSA) is 70.4 Å². The second-order valence-electron chi connectivity index (χ2n) is 16.5. The summed E-state index contributed by atoms with van der Waals surface area (Å²) < 4.78 is 5.69. The van der Waals surface area contributed by atoms with Crippen LogP contribution in [-0.2, 0) is 14.3 Å². The number of Topliss-reactive ketones (excluding diaryl/α,β-unsaturated/α-hetero) is 1. The number of rotatable bonds is 2. The maximum absolute atomic E-state index is 14.7. The maximum Gasteiger partial charge on any atom is 0.178 e. The quantitative estimate of drug-likeness (QED) is 0.393. The molecule has 0 spiro atoms. The van der Waals surface area contributed by atoms with Crippen molar-refractivity contribution in [3.05, 3.63) is 23.3 Å². The minimum Gasteiger partial charge on any atom is -0.379 e. The van der Waals surface area contributed by atoms with E-state index in [0.29, 0.717) is 11.7 Å². The lowest BCUT2D eigenvalue weighted by molar-refractivity contribution is -0.176. The van der Waals surface area contributed by atoms with Crippen LogP contribution in [0.2, 0.25) is 0 Å². The van der Waals surface area contributed by atoms with E-state index in [2.05, 4.69) is 45.6 Å². The van der Waals surface area contributed by atoms with Crippen molar-refractivity contribution in [2.45, 2.75) is 93.4 Å². The molecule has 4 fully saturated rings. The first-order valence-electron chi connectivity index (χ1n) is 15.9. The fraction of sp³-hybridized carbons (Fsp3) is 0.800. The Hall–Kier alpha value is -1.77. The Morgan fingerprint density at radius 1 is 0.975 bits per heavy atom. The summed E-state index contributed by atoms with van der Waals surface area (Å²) in [5.41, 5.74) is 0.531. The molecule has 1 heterocycles. The summed E-state index contributed by atoms with van der Waals surface area (Å²) in [6.07, 6.45) is 11.7. The summed E-state index contributed by atoms with van der Waals surface area (Å²) >= 11 is 0. The van der Waals surface area contributed by atoms with Gasteiger partial charge in [0.2, 0.25) is 0 Å². The highest BCUT2D eigenvalue weighted by molar-refractivity contribution is 6.04. The third-order valence-electron chi connectivity index (χ3n) is 13.7. The largest absolute Gasteiger partial charge is 0.379 e. The number of fused-ring (bicyclic) bond motifs is 7. The number of ether oxygens (including phenoxy) is 1. The number of ketones is 2. The van der Waals surface area contributed by atoms with Crippen LogP contribution in [-0.4, -0.2) is 49.3 Å². The molecular formula is C35H50N2O3. The van der Waals surface area contributed by atoms with Crippen LogP contribution in [0.4, 0.5) is 0 Å². The van der Waals surface area contributed by atoms with Gasteiger partial charge in [0.1, 0.15) is 6.07 Å². The summed E-state index contributed by atoms with van der Waals surface area (Å²) in [6, 6.07) is 2.23. The molecular weight excluding hydrogens is 496 g/mol. The number of nitriles is 1. The second-order valence-corrected chi connectivity index (χ2v) is 16.5. The second kappa shape index (κ2) is 8.87. The van der Waals surface area contributed by atoms with Crippen LogP contribution in [0.25, 0.3) is 0 Å². The van der Waals surface area contributed by atoms with E-state index in [1.165, 1.54) is 24.8 Å². The van der Waals surface area contributed by atoms with Gasteiger partial charge in [0, 0.05) is 36.4 Å². The lowest BCUT2D eigenvalue weighted by Gasteiger charge is -2.69. The van der Waals surface area contributed by atoms with E-state index in [1.807, 2.05) is 26.0 Å². The molecule has 7 atom stereocenters. The Bertz CT molecular complexity index is 1230. The monoisotopic (exact) mass is 546 g/mol. The molecule has 1 saturated heterocycles. The third kappa shape index (κ3) is 3.70. The van der Waals surface area contributed by atoms with E-state index in [0.717, 1.165) is 58.5 Å². The predicted octanol–water partition coefficient (Wildman–Crippen LogP) is 6.54. The number of hydrogen-bond acceptors (Lipinski definition) is 5. The van der Waals surface area contributed by atoms with Gasteiger partial charge in [-0.2, -0.15) is 5.26 Å². The first-order chi connectivity index (χ1) is 18.6. The normalized spacial score (nSPS) is 46.1. The predicted molar refractivity (Wildman–Crippen MR) is 156 cm³/mol. The summed E-state index contributed by atoms with van der Waals surface area (Å²) in [4.78, 5) is 30.6. The number of nitrogens with zero attached hydrogens (tertiary/aromatic N) is 2. The fourth-order valence-electron chi connectivity index (χ4n) is 11.2. The number of hydrogen-bond donors (Lipinski definition) is 0. The molecule has 0 radical (unpaired) electrons. The highest BCUT2D eigenvalue weighted by atomic mass is 16.5. The first kappa shape index (κ1) is 28.4. The van der Waals surface area contributed by atoms with Gasteiger partial charge in [0.25, 0.3) is 0 Å². The van der Waals surface area contributed by atoms with Gasteiger partial charge in [-0.3, -0.25) is 14.5 Å². The van der Waals surface area contributed by atoms with Gasteiger partial charge in [-0.05, 0) is 84.5 Å². The van der Waals surface area contributed by atoms with Crippen LogP contribution in [0.5, 0.6) is 0 Å². The van der Waals surface area contributed by atoms with Crippen LogP contribution in [0.15, 0.2) is 23.3 Å². The zero-order valence-electron chi connectivity index (χ0n) is 26.0. The van der Waals surface area contributed by atoms with Crippen molar-refractivity contribution in [2.75, 3.05) is 32.8 Å². The van der Waals surface area contributed by atoms with Crippen molar-refractivity contribution < 1.29 is 14.3 Å². The fourth-order valence-corrected chi connectivity index (χ4v) is 11.2. The molecule has 0 aromatic heterocycles. The highest BCUT2D eigenvalue weighted by Crippen LogP contribution is 2.74. The summed E-state index contributed by atoms with van der Waals surface area (Å²) in [6.45, 7) is 20.7. The van der Waals surface area contributed by atoms with E-state index in [1.54, 1.807) is 0 Å². The molecule has 0 bridgehead atoms. The minimum atomic E-state index is -0.620. The number of carbonyl (C=O) groups excluding carboxylic acids is 2. The molecule has 1 aliphatic heterocycles. The zero-order valence-corrected chi connectivity index (χ0v) is 26.0. The van der Waals surface area contributed by atoms with Gasteiger partial charge in [0.15, 0.2) is 11.6 Å². The number of carbonyl (C=O) groups is 2. The molecule has 5 heteroatoms. The molecule has 40 heavy (non-hydrogen) atoms. The standard InChI is InChI=1S/C35H50N2O3/c1-30(2)10-12-35(22-37-14-16-40-17-15-37)13-11-34(7)28(24(35)20-30)25(38)18-27-32(5)19-23(21-36)29(39)31(3,4)26(32)8-9-33(27,34)6/h18-19,24,26,28H,8-17,20,22H2,1-7H3/t24?,26?,28-,32-,33+,34+,35+/m0/s1. The summed E-state index contributed by atoms with van der Waals surface area (Å²) in [7, 11) is 0. The Labute approximate surface area is 241 Å². The Morgan fingerprint density at radius 2 is 1.65 bits per heavy atom. The van der Waals surface area contributed by atoms with Crippen molar-refractivity contribution in [3.63, 3.8) is 0 Å². The lowest BCUT2D eigenvalue weighted by Crippen LogP contribution is -2.66. The number of morpholine rings is 1. The maximum atomic E-state index is 14.7. The Balaban J connectivity index is 1.47. The zero-order chi connectivity index (χ0) is 28.9. The van der Waals surface area contributed by atoms with E-state index in [4.69, 9.17) is 4.74 Å². The lowest BCUT2D eigenvalue weighted by atomic mass is 9.34. The molecule has 5 aliphatic carbocycles. The van der Waals surface area contributed by atoms with Gasteiger partial charge in [-0.15, -0.1) is 0 Å². The van der Waals surface area contributed by atoms with Gasteiger partial charge in [0.05, 0.1) is 18.8 Å². The average molecular weight is 547 g/mol. The van der Waals surface area contributed by atoms with Crippen molar-refractivity contribution in [1.82, 2.24) is 4.90 Å². The summed E-state index contributed by atoms with van der Waals surface area (Å²) in [5.74, 6) is 0.762. The van der Waals surface area contributed by atoms with Gasteiger partial charge in [-0.25, -0.2) is 0 Å². The van der Waals surface area contributed by atoms with Gasteiger partial charge >= 0.3 is 0 Å². The van der Waals surface area contributed by atoms with Crippen LogP contribution in [0, 0.1) is 61.6 Å². The molecule has 218 valence electrons.